The summed E-state index contributed by atoms with van der Waals surface area (Å²) in [4.78, 5) is 2.67. The summed E-state index contributed by atoms with van der Waals surface area (Å²) in [7, 11) is 4.50. The van der Waals surface area contributed by atoms with E-state index in [1.165, 1.54) is 64.3 Å². The molecular formula is C15H30N2. The topological polar surface area (TPSA) is 15.3 Å². The number of rotatable bonds is 4. The lowest BCUT2D eigenvalue weighted by atomic mass is 10.0. The molecule has 2 unspecified atom stereocenters. The van der Waals surface area contributed by atoms with Crippen LogP contribution < -0.4 is 5.32 Å². The highest BCUT2D eigenvalue weighted by Crippen LogP contribution is 2.28. The fraction of sp³-hybridized carbons (Fsp3) is 1.00. The summed E-state index contributed by atoms with van der Waals surface area (Å²) in [5.41, 5.74) is 0. The Morgan fingerprint density at radius 1 is 0.941 bits per heavy atom. The van der Waals surface area contributed by atoms with Crippen LogP contribution in [-0.2, 0) is 0 Å². The summed E-state index contributed by atoms with van der Waals surface area (Å²) in [5.74, 6) is 0.897. The molecule has 2 fully saturated rings. The van der Waals surface area contributed by atoms with E-state index >= 15 is 0 Å². The zero-order valence-corrected chi connectivity index (χ0v) is 11.8. The van der Waals surface area contributed by atoms with Gasteiger partial charge in [-0.05, 0) is 45.7 Å². The van der Waals surface area contributed by atoms with Gasteiger partial charge in [0.15, 0.2) is 0 Å². The van der Waals surface area contributed by atoms with Crippen molar-refractivity contribution in [1.82, 2.24) is 10.2 Å². The lowest BCUT2D eigenvalue weighted by Gasteiger charge is -2.31. The molecule has 2 saturated carbocycles. The third kappa shape index (κ3) is 3.69. The van der Waals surface area contributed by atoms with Crippen LogP contribution >= 0.6 is 0 Å². The number of hydrogen-bond donors (Lipinski definition) is 1. The van der Waals surface area contributed by atoms with Crippen molar-refractivity contribution in [2.75, 3.05) is 20.6 Å². The molecule has 2 aliphatic rings. The molecule has 0 saturated heterocycles. The molecule has 0 aliphatic heterocycles. The molecule has 0 heterocycles. The third-order valence-corrected chi connectivity index (χ3v) is 5.00. The minimum atomic E-state index is 0.781. The summed E-state index contributed by atoms with van der Waals surface area (Å²) in [5, 5.41) is 3.51. The van der Waals surface area contributed by atoms with Gasteiger partial charge in [0.05, 0.1) is 0 Å². The highest BCUT2D eigenvalue weighted by Gasteiger charge is 2.28. The summed E-state index contributed by atoms with van der Waals surface area (Å²) in [6.07, 6.45) is 13.0. The van der Waals surface area contributed by atoms with Gasteiger partial charge < -0.3 is 10.2 Å². The van der Waals surface area contributed by atoms with E-state index in [0.29, 0.717) is 0 Å². The molecule has 0 aromatic rings. The highest BCUT2D eigenvalue weighted by atomic mass is 15.1. The van der Waals surface area contributed by atoms with Crippen molar-refractivity contribution < 1.29 is 0 Å². The maximum atomic E-state index is 3.51. The average molecular weight is 238 g/mol. The van der Waals surface area contributed by atoms with Gasteiger partial charge >= 0.3 is 0 Å². The van der Waals surface area contributed by atoms with Crippen LogP contribution in [-0.4, -0.2) is 37.6 Å². The van der Waals surface area contributed by atoms with Crippen LogP contribution in [0.1, 0.15) is 57.8 Å². The number of hydrogen-bond acceptors (Lipinski definition) is 2. The van der Waals surface area contributed by atoms with Gasteiger partial charge in [-0.1, -0.05) is 32.1 Å². The maximum Gasteiger partial charge on any atom is 0.0104 e. The predicted octanol–water partition coefficient (Wildman–Crippen LogP) is 3.03. The molecule has 0 aromatic carbocycles. The molecular weight excluding hydrogens is 208 g/mol. The standard InChI is InChI=1S/C15H30N2/c1-16-15-11-7-8-13(15)12-17(2)14-9-5-3-4-6-10-14/h13-16H,3-12H2,1-2H3. The van der Waals surface area contributed by atoms with Crippen LogP contribution in [0.4, 0.5) is 0 Å². The van der Waals surface area contributed by atoms with Crippen LogP contribution in [0.5, 0.6) is 0 Å². The lowest BCUT2D eigenvalue weighted by Crippen LogP contribution is -2.40. The smallest absolute Gasteiger partial charge is 0.0104 e. The molecule has 0 aromatic heterocycles. The largest absolute Gasteiger partial charge is 0.317 e. The van der Waals surface area contributed by atoms with Gasteiger partial charge in [0.2, 0.25) is 0 Å². The van der Waals surface area contributed by atoms with E-state index in [1.807, 2.05) is 0 Å². The van der Waals surface area contributed by atoms with Gasteiger partial charge in [-0.2, -0.15) is 0 Å². The Balaban J connectivity index is 1.80. The SMILES string of the molecule is CNC1CCCC1CN(C)C1CCCCCC1. The highest BCUT2D eigenvalue weighted by molar-refractivity contribution is 4.85. The Hall–Kier alpha value is -0.0800. The first-order chi connectivity index (χ1) is 8.31. The summed E-state index contributed by atoms with van der Waals surface area (Å²) >= 11 is 0. The second kappa shape index (κ2) is 6.75. The normalized spacial score (nSPS) is 31.9. The van der Waals surface area contributed by atoms with E-state index in [9.17, 15) is 0 Å². The minimum Gasteiger partial charge on any atom is -0.317 e. The van der Waals surface area contributed by atoms with E-state index < -0.39 is 0 Å². The maximum absolute atomic E-state index is 3.51. The van der Waals surface area contributed by atoms with E-state index in [2.05, 4.69) is 24.3 Å². The van der Waals surface area contributed by atoms with Crippen LogP contribution in [0.25, 0.3) is 0 Å². The van der Waals surface area contributed by atoms with Gasteiger partial charge in [0, 0.05) is 18.6 Å². The summed E-state index contributed by atoms with van der Waals surface area (Å²) in [6.45, 7) is 1.32. The summed E-state index contributed by atoms with van der Waals surface area (Å²) < 4.78 is 0. The van der Waals surface area contributed by atoms with Gasteiger partial charge in [0.1, 0.15) is 0 Å². The molecule has 2 atom stereocenters. The minimum absolute atomic E-state index is 0.781. The first-order valence-corrected chi connectivity index (χ1v) is 7.68. The molecule has 17 heavy (non-hydrogen) atoms. The van der Waals surface area contributed by atoms with Gasteiger partial charge in [-0.15, -0.1) is 0 Å². The zero-order chi connectivity index (χ0) is 12.1. The zero-order valence-electron chi connectivity index (χ0n) is 11.8. The molecule has 0 spiro atoms. The Morgan fingerprint density at radius 3 is 2.29 bits per heavy atom. The van der Waals surface area contributed by atoms with Crippen molar-refractivity contribution in [1.29, 1.82) is 0 Å². The molecule has 1 N–H and O–H groups in total. The quantitative estimate of drug-likeness (QED) is 0.757. The molecule has 0 bridgehead atoms. The van der Waals surface area contributed by atoms with Crippen molar-refractivity contribution in [3.63, 3.8) is 0 Å². The van der Waals surface area contributed by atoms with Crippen molar-refractivity contribution in [2.45, 2.75) is 69.9 Å². The molecule has 2 heteroatoms. The average Bonchev–Trinajstić information content (AvgIpc) is 2.62. The Morgan fingerprint density at radius 2 is 1.65 bits per heavy atom. The Kier molecular flexibility index (Phi) is 5.30. The van der Waals surface area contributed by atoms with E-state index in [0.717, 1.165) is 18.0 Å². The second-order valence-corrected chi connectivity index (χ2v) is 6.17. The predicted molar refractivity (Wildman–Crippen MR) is 74.3 cm³/mol. The Labute approximate surface area is 107 Å². The monoisotopic (exact) mass is 238 g/mol. The van der Waals surface area contributed by atoms with Crippen LogP contribution in [0.2, 0.25) is 0 Å². The van der Waals surface area contributed by atoms with Crippen LogP contribution in [0.15, 0.2) is 0 Å². The van der Waals surface area contributed by atoms with E-state index in [1.54, 1.807) is 0 Å². The molecule has 0 amide bonds. The lowest BCUT2D eigenvalue weighted by molar-refractivity contribution is 0.179. The molecule has 2 nitrogen and oxygen atoms in total. The van der Waals surface area contributed by atoms with E-state index in [-0.39, 0.29) is 0 Å². The van der Waals surface area contributed by atoms with Crippen molar-refractivity contribution in [3.8, 4) is 0 Å². The molecule has 0 radical (unpaired) electrons. The van der Waals surface area contributed by atoms with Crippen LogP contribution in [0, 0.1) is 5.92 Å². The third-order valence-electron chi connectivity index (χ3n) is 5.00. The van der Waals surface area contributed by atoms with Crippen molar-refractivity contribution in [3.05, 3.63) is 0 Å². The van der Waals surface area contributed by atoms with E-state index in [4.69, 9.17) is 0 Å². The summed E-state index contributed by atoms with van der Waals surface area (Å²) in [6, 6.07) is 1.65. The first-order valence-electron chi connectivity index (χ1n) is 7.68. The van der Waals surface area contributed by atoms with Gasteiger partial charge in [-0.25, -0.2) is 0 Å². The molecule has 100 valence electrons. The fourth-order valence-corrected chi connectivity index (χ4v) is 3.85. The van der Waals surface area contributed by atoms with Crippen molar-refractivity contribution >= 4 is 0 Å². The second-order valence-electron chi connectivity index (χ2n) is 6.17. The van der Waals surface area contributed by atoms with Crippen molar-refractivity contribution in [2.24, 2.45) is 5.92 Å². The fourth-order valence-electron chi connectivity index (χ4n) is 3.85. The van der Waals surface area contributed by atoms with Gasteiger partial charge in [-0.3, -0.25) is 0 Å². The first kappa shape index (κ1) is 13.4. The molecule has 2 rings (SSSR count). The Bertz CT molecular complexity index is 209. The van der Waals surface area contributed by atoms with Gasteiger partial charge in [0.25, 0.3) is 0 Å². The van der Waals surface area contributed by atoms with Crippen LogP contribution in [0.3, 0.4) is 0 Å². The molecule has 2 aliphatic carbocycles. The number of nitrogens with one attached hydrogen (secondary N) is 1. The number of nitrogens with zero attached hydrogens (tertiary/aromatic N) is 1.